The molecule has 1 saturated heterocycles. The van der Waals surface area contributed by atoms with Gasteiger partial charge in [0, 0.05) is 30.9 Å². The summed E-state index contributed by atoms with van der Waals surface area (Å²) in [4.78, 5) is 11.2. The molecule has 0 aliphatic carbocycles. The highest BCUT2D eigenvalue weighted by atomic mass is 15.3. The molecule has 106 valence electrons. The van der Waals surface area contributed by atoms with Gasteiger partial charge in [-0.2, -0.15) is 5.10 Å². The lowest BCUT2D eigenvalue weighted by atomic mass is 10.1. The number of hydrogen-bond donors (Lipinski definition) is 0. The summed E-state index contributed by atoms with van der Waals surface area (Å²) in [7, 11) is 0. The SMILES string of the molecule is c1ccc2c(N3CCCC(n4cccn4)C3)ncnc2c1. The monoisotopic (exact) mass is 279 g/mol. The molecule has 1 aromatic carbocycles. The first-order valence-electron chi connectivity index (χ1n) is 7.35. The Labute approximate surface area is 123 Å². The van der Waals surface area contributed by atoms with E-state index in [1.54, 1.807) is 6.33 Å². The first-order valence-corrected chi connectivity index (χ1v) is 7.35. The third-order valence-corrected chi connectivity index (χ3v) is 4.12. The van der Waals surface area contributed by atoms with Crippen LogP contribution in [-0.2, 0) is 0 Å². The van der Waals surface area contributed by atoms with E-state index in [0.717, 1.165) is 36.2 Å². The molecule has 21 heavy (non-hydrogen) atoms. The molecule has 1 aliphatic heterocycles. The van der Waals surface area contributed by atoms with E-state index in [1.807, 2.05) is 36.7 Å². The van der Waals surface area contributed by atoms with Crippen molar-refractivity contribution in [2.24, 2.45) is 0 Å². The van der Waals surface area contributed by atoms with E-state index >= 15 is 0 Å². The zero-order valence-electron chi connectivity index (χ0n) is 11.8. The van der Waals surface area contributed by atoms with Gasteiger partial charge in [0.25, 0.3) is 0 Å². The van der Waals surface area contributed by atoms with E-state index < -0.39 is 0 Å². The Morgan fingerprint density at radius 1 is 1.10 bits per heavy atom. The average molecular weight is 279 g/mol. The summed E-state index contributed by atoms with van der Waals surface area (Å²) in [6.07, 6.45) is 7.88. The van der Waals surface area contributed by atoms with Gasteiger partial charge in [-0.1, -0.05) is 12.1 Å². The van der Waals surface area contributed by atoms with Crippen molar-refractivity contribution in [1.29, 1.82) is 0 Å². The van der Waals surface area contributed by atoms with Crippen LogP contribution in [0.5, 0.6) is 0 Å². The normalized spacial score (nSPS) is 19.0. The van der Waals surface area contributed by atoms with Gasteiger partial charge >= 0.3 is 0 Å². The van der Waals surface area contributed by atoms with E-state index in [9.17, 15) is 0 Å². The minimum absolute atomic E-state index is 0.419. The highest BCUT2D eigenvalue weighted by Gasteiger charge is 2.23. The number of aromatic nitrogens is 4. The van der Waals surface area contributed by atoms with Crippen LogP contribution in [0.15, 0.2) is 49.1 Å². The highest BCUT2D eigenvalue weighted by molar-refractivity contribution is 5.89. The Morgan fingerprint density at radius 3 is 2.95 bits per heavy atom. The maximum absolute atomic E-state index is 4.53. The topological polar surface area (TPSA) is 46.8 Å². The maximum atomic E-state index is 4.53. The van der Waals surface area contributed by atoms with Gasteiger partial charge in [-0.15, -0.1) is 0 Å². The molecule has 1 aliphatic rings. The van der Waals surface area contributed by atoms with Gasteiger partial charge in [-0.05, 0) is 31.0 Å². The number of fused-ring (bicyclic) bond motifs is 1. The third kappa shape index (κ3) is 2.24. The van der Waals surface area contributed by atoms with Crippen molar-refractivity contribution in [1.82, 2.24) is 19.7 Å². The fourth-order valence-electron chi connectivity index (χ4n) is 3.10. The molecule has 0 bridgehead atoms. The maximum Gasteiger partial charge on any atom is 0.139 e. The van der Waals surface area contributed by atoms with Gasteiger partial charge in [-0.3, -0.25) is 4.68 Å². The van der Waals surface area contributed by atoms with Crippen molar-refractivity contribution in [3.8, 4) is 0 Å². The molecule has 3 aromatic rings. The Bertz CT molecular complexity index is 732. The van der Waals surface area contributed by atoms with Crippen LogP contribution in [0, 0.1) is 0 Å². The number of anilines is 1. The van der Waals surface area contributed by atoms with Crippen LogP contribution in [-0.4, -0.2) is 32.8 Å². The molecule has 0 radical (unpaired) electrons. The number of para-hydroxylation sites is 1. The lowest BCUT2D eigenvalue weighted by Crippen LogP contribution is -2.37. The van der Waals surface area contributed by atoms with Gasteiger partial charge in [0.1, 0.15) is 12.1 Å². The fourth-order valence-corrected chi connectivity index (χ4v) is 3.10. The van der Waals surface area contributed by atoms with Crippen LogP contribution in [0.4, 0.5) is 5.82 Å². The van der Waals surface area contributed by atoms with Crippen molar-refractivity contribution in [2.75, 3.05) is 18.0 Å². The zero-order valence-corrected chi connectivity index (χ0v) is 11.8. The van der Waals surface area contributed by atoms with Crippen molar-refractivity contribution in [2.45, 2.75) is 18.9 Å². The van der Waals surface area contributed by atoms with Crippen LogP contribution in [0.3, 0.4) is 0 Å². The first kappa shape index (κ1) is 12.3. The van der Waals surface area contributed by atoms with Crippen LogP contribution in [0.2, 0.25) is 0 Å². The lowest BCUT2D eigenvalue weighted by Gasteiger charge is -2.34. The van der Waals surface area contributed by atoms with Crippen LogP contribution >= 0.6 is 0 Å². The second-order valence-electron chi connectivity index (χ2n) is 5.44. The molecule has 0 saturated carbocycles. The summed E-state index contributed by atoms with van der Waals surface area (Å²) in [6, 6.07) is 10.6. The minimum atomic E-state index is 0.419. The number of piperidine rings is 1. The Kier molecular flexibility index (Phi) is 3.03. The third-order valence-electron chi connectivity index (χ3n) is 4.12. The van der Waals surface area contributed by atoms with Crippen molar-refractivity contribution in [3.05, 3.63) is 49.1 Å². The minimum Gasteiger partial charge on any atom is -0.354 e. The van der Waals surface area contributed by atoms with Crippen molar-refractivity contribution >= 4 is 16.7 Å². The number of nitrogens with zero attached hydrogens (tertiary/aromatic N) is 5. The lowest BCUT2D eigenvalue weighted by molar-refractivity contribution is 0.375. The number of hydrogen-bond acceptors (Lipinski definition) is 4. The molecular weight excluding hydrogens is 262 g/mol. The summed E-state index contributed by atoms with van der Waals surface area (Å²) in [5.41, 5.74) is 1.00. The number of rotatable bonds is 2. The Balaban J connectivity index is 1.68. The van der Waals surface area contributed by atoms with Crippen LogP contribution < -0.4 is 4.90 Å². The summed E-state index contributed by atoms with van der Waals surface area (Å²) in [6.45, 7) is 1.99. The number of benzene rings is 1. The van der Waals surface area contributed by atoms with E-state index in [0.29, 0.717) is 6.04 Å². The molecule has 1 atom stereocenters. The van der Waals surface area contributed by atoms with Crippen molar-refractivity contribution < 1.29 is 0 Å². The molecule has 0 amide bonds. The van der Waals surface area contributed by atoms with E-state index in [1.165, 1.54) is 6.42 Å². The smallest absolute Gasteiger partial charge is 0.139 e. The van der Waals surface area contributed by atoms with Gasteiger partial charge in [0.2, 0.25) is 0 Å². The van der Waals surface area contributed by atoms with Crippen molar-refractivity contribution in [3.63, 3.8) is 0 Å². The fraction of sp³-hybridized carbons (Fsp3) is 0.312. The zero-order chi connectivity index (χ0) is 14.1. The summed E-state index contributed by atoms with van der Waals surface area (Å²) in [5, 5.41) is 5.51. The second kappa shape index (κ2) is 5.16. The molecule has 1 fully saturated rings. The standard InChI is InChI=1S/C16H17N5/c1-2-7-15-14(6-1)16(18-12-17-15)20-9-3-5-13(11-20)21-10-4-8-19-21/h1-2,4,6-8,10,12-13H,3,5,9,11H2. The molecular formula is C16H17N5. The average Bonchev–Trinajstić information content (AvgIpc) is 3.09. The molecule has 2 aromatic heterocycles. The van der Waals surface area contributed by atoms with Crippen LogP contribution in [0.25, 0.3) is 10.9 Å². The molecule has 4 rings (SSSR count). The molecule has 1 unspecified atom stereocenters. The summed E-state index contributed by atoms with van der Waals surface area (Å²) in [5.74, 6) is 1.04. The van der Waals surface area contributed by atoms with Gasteiger partial charge in [0.15, 0.2) is 0 Å². The largest absolute Gasteiger partial charge is 0.354 e. The highest BCUT2D eigenvalue weighted by Crippen LogP contribution is 2.28. The second-order valence-corrected chi connectivity index (χ2v) is 5.44. The summed E-state index contributed by atoms with van der Waals surface area (Å²) >= 11 is 0. The Hall–Kier alpha value is -2.43. The Morgan fingerprint density at radius 2 is 2.05 bits per heavy atom. The molecule has 0 N–H and O–H groups in total. The van der Waals surface area contributed by atoms with E-state index in [-0.39, 0.29) is 0 Å². The van der Waals surface area contributed by atoms with E-state index in [4.69, 9.17) is 0 Å². The molecule has 5 nitrogen and oxygen atoms in total. The van der Waals surface area contributed by atoms with Gasteiger partial charge in [0.05, 0.1) is 11.6 Å². The first-order chi connectivity index (χ1) is 10.4. The van der Waals surface area contributed by atoms with E-state index in [2.05, 4.69) is 30.7 Å². The quantitative estimate of drug-likeness (QED) is 0.723. The van der Waals surface area contributed by atoms with Gasteiger partial charge < -0.3 is 4.90 Å². The van der Waals surface area contributed by atoms with Crippen LogP contribution in [0.1, 0.15) is 18.9 Å². The van der Waals surface area contributed by atoms with Gasteiger partial charge in [-0.25, -0.2) is 9.97 Å². The molecule has 0 spiro atoms. The predicted octanol–water partition coefficient (Wildman–Crippen LogP) is 2.67. The molecule has 3 heterocycles. The molecule has 5 heteroatoms. The predicted molar refractivity (Wildman–Crippen MR) is 82.2 cm³/mol. The summed E-state index contributed by atoms with van der Waals surface area (Å²) < 4.78 is 2.07.